The Morgan fingerprint density at radius 2 is 2.12 bits per heavy atom. The molecule has 16 heavy (non-hydrogen) atoms. The molecule has 0 saturated heterocycles. The van der Waals surface area contributed by atoms with Crippen molar-refractivity contribution in [2.75, 3.05) is 14.2 Å². The largest absolute Gasteiger partial charge is 0.496 e. The molecule has 0 spiro atoms. The zero-order chi connectivity index (χ0) is 12.0. The maximum atomic E-state index is 11.0. The summed E-state index contributed by atoms with van der Waals surface area (Å²) in [5.41, 5.74) is 1.40. The van der Waals surface area contributed by atoms with E-state index in [4.69, 9.17) is 4.74 Å². The Balaban J connectivity index is 2.82. The number of carbonyl (C=O) groups is 2. The number of methoxy groups -OCH3 is 2. The second-order valence-electron chi connectivity index (χ2n) is 3.27. The van der Waals surface area contributed by atoms with Crippen LogP contribution in [0.15, 0.2) is 18.2 Å². The summed E-state index contributed by atoms with van der Waals surface area (Å²) >= 11 is 0. The van der Waals surface area contributed by atoms with Crippen molar-refractivity contribution < 1.29 is 19.1 Å². The van der Waals surface area contributed by atoms with Crippen LogP contribution in [0.4, 0.5) is 0 Å². The normalized spacial score (nSPS) is 9.62. The van der Waals surface area contributed by atoms with Crippen LogP contribution >= 0.6 is 0 Å². The molecule has 0 aliphatic rings. The van der Waals surface area contributed by atoms with Gasteiger partial charge >= 0.3 is 5.97 Å². The van der Waals surface area contributed by atoms with Gasteiger partial charge in [0.2, 0.25) is 0 Å². The number of aldehydes is 1. The standard InChI is InChI=1S/C12H14O4/c1-15-11-5-3-9(8-13)7-10(11)4-6-12(14)16-2/h3,5,7-8H,4,6H2,1-2H3. The van der Waals surface area contributed by atoms with Crippen LogP contribution in [0.25, 0.3) is 0 Å². The van der Waals surface area contributed by atoms with E-state index in [1.165, 1.54) is 7.11 Å². The van der Waals surface area contributed by atoms with Crippen LogP contribution in [0, 0.1) is 0 Å². The first-order chi connectivity index (χ1) is 7.71. The van der Waals surface area contributed by atoms with E-state index in [-0.39, 0.29) is 12.4 Å². The van der Waals surface area contributed by atoms with Crippen LogP contribution in [0.5, 0.6) is 5.75 Å². The summed E-state index contributed by atoms with van der Waals surface area (Å²) < 4.78 is 9.70. The average molecular weight is 222 g/mol. The summed E-state index contributed by atoms with van der Waals surface area (Å²) in [6.45, 7) is 0. The van der Waals surface area contributed by atoms with Crippen molar-refractivity contribution in [1.82, 2.24) is 0 Å². The zero-order valence-corrected chi connectivity index (χ0v) is 9.36. The molecule has 0 radical (unpaired) electrons. The highest BCUT2D eigenvalue weighted by Crippen LogP contribution is 2.20. The Bertz CT molecular complexity index is 385. The first-order valence-corrected chi connectivity index (χ1v) is 4.90. The minimum absolute atomic E-state index is 0.273. The van der Waals surface area contributed by atoms with E-state index in [0.29, 0.717) is 17.7 Å². The Morgan fingerprint density at radius 1 is 1.38 bits per heavy atom. The van der Waals surface area contributed by atoms with E-state index in [2.05, 4.69) is 4.74 Å². The van der Waals surface area contributed by atoms with Gasteiger partial charge in [0.25, 0.3) is 0 Å². The third-order valence-electron chi connectivity index (χ3n) is 2.27. The van der Waals surface area contributed by atoms with Crippen LogP contribution in [-0.4, -0.2) is 26.5 Å². The summed E-state index contributed by atoms with van der Waals surface area (Å²) in [5.74, 6) is 0.396. The van der Waals surface area contributed by atoms with Crippen molar-refractivity contribution in [2.45, 2.75) is 12.8 Å². The first kappa shape index (κ1) is 12.2. The molecular formula is C12H14O4. The van der Waals surface area contributed by atoms with Crippen molar-refractivity contribution in [2.24, 2.45) is 0 Å². The maximum absolute atomic E-state index is 11.0. The lowest BCUT2D eigenvalue weighted by Gasteiger charge is -2.08. The minimum Gasteiger partial charge on any atom is -0.496 e. The summed E-state index contributed by atoms with van der Waals surface area (Å²) in [4.78, 5) is 21.6. The Hall–Kier alpha value is -1.84. The fraction of sp³-hybridized carbons (Fsp3) is 0.333. The van der Waals surface area contributed by atoms with Crippen molar-refractivity contribution in [3.8, 4) is 5.75 Å². The molecule has 1 aromatic carbocycles. The number of ether oxygens (including phenoxy) is 2. The van der Waals surface area contributed by atoms with Gasteiger partial charge < -0.3 is 9.47 Å². The number of hydrogen-bond acceptors (Lipinski definition) is 4. The van der Waals surface area contributed by atoms with Crippen LogP contribution in [0.3, 0.4) is 0 Å². The molecule has 86 valence electrons. The van der Waals surface area contributed by atoms with Crippen molar-refractivity contribution in [3.05, 3.63) is 29.3 Å². The van der Waals surface area contributed by atoms with Gasteiger partial charge in [0.15, 0.2) is 0 Å². The third-order valence-corrected chi connectivity index (χ3v) is 2.27. The molecule has 0 amide bonds. The topological polar surface area (TPSA) is 52.6 Å². The summed E-state index contributed by atoms with van der Waals surface area (Å²) in [6, 6.07) is 5.11. The molecule has 0 atom stereocenters. The fourth-order valence-electron chi connectivity index (χ4n) is 1.41. The van der Waals surface area contributed by atoms with Crippen molar-refractivity contribution in [1.29, 1.82) is 0 Å². The molecular weight excluding hydrogens is 208 g/mol. The van der Waals surface area contributed by atoms with Gasteiger partial charge in [-0.2, -0.15) is 0 Å². The molecule has 4 nitrogen and oxygen atoms in total. The highest BCUT2D eigenvalue weighted by atomic mass is 16.5. The smallest absolute Gasteiger partial charge is 0.305 e. The van der Waals surface area contributed by atoms with Crippen molar-refractivity contribution >= 4 is 12.3 Å². The van der Waals surface area contributed by atoms with E-state index in [0.717, 1.165) is 11.8 Å². The zero-order valence-electron chi connectivity index (χ0n) is 9.36. The predicted molar refractivity (Wildman–Crippen MR) is 58.7 cm³/mol. The third kappa shape index (κ3) is 3.08. The second-order valence-corrected chi connectivity index (χ2v) is 3.27. The quantitative estimate of drug-likeness (QED) is 0.561. The molecule has 0 aromatic heterocycles. The number of hydrogen-bond donors (Lipinski definition) is 0. The van der Waals surface area contributed by atoms with Crippen molar-refractivity contribution in [3.63, 3.8) is 0 Å². The lowest BCUT2D eigenvalue weighted by Crippen LogP contribution is -2.03. The van der Waals surface area contributed by atoms with Gasteiger partial charge in [0, 0.05) is 12.0 Å². The van der Waals surface area contributed by atoms with E-state index >= 15 is 0 Å². The number of benzene rings is 1. The molecule has 4 heteroatoms. The average Bonchev–Trinajstić information content (AvgIpc) is 2.35. The molecule has 1 rings (SSSR count). The highest BCUT2D eigenvalue weighted by Gasteiger charge is 2.07. The van der Waals surface area contributed by atoms with E-state index in [9.17, 15) is 9.59 Å². The summed E-state index contributed by atoms with van der Waals surface area (Å²) in [5, 5.41) is 0. The van der Waals surface area contributed by atoms with Gasteiger partial charge in [-0.3, -0.25) is 9.59 Å². The van der Waals surface area contributed by atoms with E-state index in [1.54, 1.807) is 25.3 Å². The number of carbonyl (C=O) groups excluding carboxylic acids is 2. The maximum Gasteiger partial charge on any atom is 0.305 e. The van der Waals surface area contributed by atoms with Crippen LogP contribution in [0.1, 0.15) is 22.3 Å². The summed E-state index contributed by atoms with van der Waals surface area (Å²) in [7, 11) is 2.90. The monoisotopic (exact) mass is 222 g/mol. The second kappa shape index (κ2) is 5.90. The minimum atomic E-state index is -0.279. The summed E-state index contributed by atoms with van der Waals surface area (Å²) in [6.07, 6.45) is 1.54. The molecule has 0 fully saturated rings. The van der Waals surface area contributed by atoms with Crippen LogP contribution in [-0.2, 0) is 16.0 Å². The Labute approximate surface area is 94.2 Å². The molecule has 0 bridgehead atoms. The lowest BCUT2D eigenvalue weighted by atomic mass is 10.1. The van der Waals surface area contributed by atoms with Gasteiger partial charge in [-0.15, -0.1) is 0 Å². The Kier molecular flexibility index (Phi) is 4.51. The number of aryl methyl sites for hydroxylation is 1. The molecule has 0 saturated carbocycles. The molecule has 0 heterocycles. The van der Waals surface area contributed by atoms with Crippen LogP contribution < -0.4 is 4.74 Å². The number of esters is 1. The Morgan fingerprint density at radius 3 is 2.69 bits per heavy atom. The SMILES string of the molecule is COC(=O)CCc1cc(C=O)ccc1OC. The molecule has 0 aliphatic heterocycles. The molecule has 0 N–H and O–H groups in total. The first-order valence-electron chi connectivity index (χ1n) is 4.90. The van der Waals surface area contributed by atoms with E-state index < -0.39 is 0 Å². The lowest BCUT2D eigenvalue weighted by molar-refractivity contribution is -0.140. The predicted octanol–water partition coefficient (Wildman–Crippen LogP) is 1.61. The van der Waals surface area contributed by atoms with Gasteiger partial charge in [0.1, 0.15) is 12.0 Å². The highest BCUT2D eigenvalue weighted by molar-refractivity contribution is 5.76. The van der Waals surface area contributed by atoms with Gasteiger partial charge in [-0.1, -0.05) is 0 Å². The number of rotatable bonds is 5. The van der Waals surface area contributed by atoms with E-state index in [1.807, 2.05) is 0 Å². The fourth-order valence-corrected chi connectivity index (χ4v) is 1.41. The molecule has 0 unspecified atom stereocenters. The van der Waals surface area contributed by atoms with Gasteiger partial charge in [-0.05, 0) is 30.2 Å². The van der Waals surface area contributed by atoms with Gasteiger partial charge in [0.05, 0.1) is 14.2 Å². The van der Waals surface area contributed by atoms with Crippen LogP contribution in [0.2, 0.25) is 0 Å². The van der Waals surface area contributed by atoms with Gasteiger partial charge in [-0.25, -0.2) is 0 Å². The molecule has 0 aliphatic carbocycles. The molecule has 1 aromatic rings.